The van der Waals surface area contributed by atoms with E-state index in [1.807, 2.05) is 78.9 Å². The molecule has 0 spiro atoms. The highest BCUT2D eigenvalue weighted by molar-refractivity contribution is 5.66. The molecule has 0 N–H and O–H groups in total. The third-order valence-electron chi connectivity index (χ3n) is 5.05. The van der Waals surface area contributed by atoms with Crippen molar-refractivity contribution >= 4 is 0 Å². The fraction of sp³-hybridized carbons (Fsp3) is 0.0370. The van der Waals surface area contributed by atoms with Gasteiger partial charge in [-0.1, -0.05) is 66.7 Å². The van der Waals surface area contributed by atoms with Crippen LogP contribution in [0.2, 0.25) is 0 Å². The van der Waals surface area contributed by atoms with Crippen LogP contribution in [0.1, 0.15) is 11.1 Å². The highest BCUT2D eigenvalue weighted by Crippen LogP contribution is 2.26. The van der Waals surface area contributed by atoms with E-state index in [1.54, 1.807) is 12.4 Å². The predicted octanol–water partition coefficient (Wildman–Crippen LogP) is 6.00. The first-order valence-electron chi connectivity index (χ1n) is 10.3. The minimum absolute atomic E-state index is 0.329. The summed E-state index contributed by atoms with van der Waals surface area (Å²) in [5.74, 6) is 1.20. The number of hydrogen-bond donors (Lipinski definition) is 0. The Balaban J connectivity index is 1.62. The van der Waals surface area contributed by atoms with Crippen molar-refractivity contribution in [3.63, 3.8) is 0 Å². The Kier molecular flexibility index (Phi) is 5.45. The van der Waals surface area contributed by atoms with E-state index < -0.39 is 0 Å². The number of aromatic nitrogens is 4. The maximum Gasteiger partial charge on any atom is 0.164 e. The standard InChI is InChI=1S/C27H19FN4/c28-24-16-20(14-19-8-7-13-29-18-19)15-23(17-24)27-31-25(21-9-3-1-4-10-21)30-26(32-27)22-11-5-2-6-12-22/h1-13,15-18H,14H2. The van der Waals surface area contributed by atoms with E-state index in [0.29, 0.717) is 29.5 Å². The van der Waals surface area contributed by atoms with Crippen LogP contribution < -0.4 is 0 Å². The molecule has 0 aliphatic carbocycles. The molecule has 0 bridgehead atoms. The van der Waals surface area contributed by atoms with Gasteiger partial charge in [0.2, 0.25) is 0 Å². The average Bonchev–Trinajstić information content (AvgIpc) is 2.85. The first-order chi connectivity index (χ1) is 15.7. The number of hydrogen-bond acceptors (Lipinski definition) is 4. The van der Waals surface area contributed by atoms with E-state index >= 15 is 0 Å². The molecule has 32 heavy (non-hydrogen) atoms. The van der Waals surface area contributed by atoms with Crippen LogP contribution >= 0.6 is 0 Å². The average molecular weight is 418 g/mol. The lowest BCUT2D eigenvalue weighted by atomic mass is 10.0. The molecule has 2 aromatic heterocycles. The van der Waals surface area contributed by atoms with Crippen LogP contribution in [0.3, 0.4) is 0 Å². The second-order valence-electron chi connectivity index (χ2n) is 7.42. The van der Waals surface area contributed by atoms with E-state index in [0.717, 1.165) is 22.3 Å². The summed E-state index contributed by atoms with van der Waals surface area (Å²) in [6.45, 7) is 0. The molecule has 5 rings (SSSR count). The molecule has 0 unspecified atom stereocenters. The summed E-state index contributed by atoms with van der Waals surface area (Å²) in [4.78, 5) is 18.2. The second-order valence-corrected chi connectivity index (χ2v) is 7.42. The van der Waals surface area contributed by atoms with E-state index in [1.165, 1.54) is 12.1 Å². The molecule has 5 aromatic rings. The van der Waals surface area contributed by atoms with Gasteiger partial charge in [-0.2, -0.15) is 0 Å². The Hall–Kier alpha value is -4.25. The van der Waals surface area contributed by atoms with Gasteiger partial charge in [-0.25, -0.2) is 19.3 Å². The summed E-state index contributed by atoms with van der Waals surface area (Å²) in [5, 5.41) is 0. The fourth-order valence-corrected chi connectivity index (χ4v) is 3.56. The quantitative estimate of drug-likeness (QED) is 0.351. The zero-order chi connectivity index (χ0) is 21.8. The molecule has 0 aliphatic heterocycles. The molecule has 0 atom stereocenters. The number of pyridine rings is 1. The SMILES string of the molecule is Fc1cc(Cc2cccnc2)cc(-c2nc(-c3ccccc3)nc(-c3ccccc3)n2)c1. The summed E-state index contributed by atoms with van der Waals surface area (Å²) in [7, 11) is 0. The molecule has 154 valence electrons. The smallest absolute Gasteiger partial charge is 0.164 e. The van der Waals surface area contributed by atoms with Crippen LogP contribution in [-0.2, 0) is 6.42 Å². The molecule has 0 saturated heterocycles. The third kappa shape index (κ3) is 4.42. The van der Waals surface area contributed by atoms with E-state index in [9.17, 15) is 4.39 Å². The van der Waals surface area contributed by atoms with Crippen molar-refractivity contribution < 1.29 is 4.39 Å². The van der Waals surface area contributed by atoms with Gasteiger partial charge in [0.15, 0.2) is 17.5 Å². The van der Waals surface area contributed by atoms with Gasteiger partial charge in [-0.3, -0.25) is 4.98 Å². The molecular weight excluding hydrogens is 399 g/mol. The number of halogens is 1. The van der Waals surface area contributed by atoms with E-state index in [4.69, 9.17) is 0 Å². The molecule has 0 radical (unpaired) electrons. The van der Waals surface area contributed by atoms with Gasteiger partial charge in [-0.05, 0) is 41.8 Å². The lowest BCUT2D eigenvalue weighted by Crippen LogP contribution is -2.01. The maximum absolute atomic E-state index is 14.6. The highest BCUT2D eigenvalue weighted by atomic mass is 19.1. The largest absolute Gasteiger partial charge is 0.264 e. The van der Waals surface area contributed by atoms with Gasteiger partial charge in [0.25, 0.3) is 0 Å². The van der Waals surface area contributed by atoms with Crippen LogP contribution in [0, 0.1) is 5.82 Å². The molecule has 3 aromatic carbocycles. The Morgan fingerprint density at radius 1 is 0.562 bits per heavy atom. The summed E-state index contributed by atoms with van der Waals surface area (Å²) in [6, 6.07) is 28.2. The van der Waals surface area contributed by atoms with Gasteiger partial charge in [0, 0.05) is 29.1 Å². The van der Waals surface area contributed by atoms with Crippen molar-refractivity contribution in [2.24, 2.45) is 0 Å². The summed E-state index contributed by atoms with van der Waals surface area (Å²) >= 11 is 0. The zero-order valence-corrected chi connectivity index (χ0v) is 17.2. The summed E-state index contributed by atoms with van der Waals surface area (Å²) < 4.78 is 14.6. The molecule has 0 saturated carbocycles. The molecular formula is C27H19FN4. The first kappa shape index (κ1) is 19.7. The predicted molar refractivity (Wildman–Crippen MR) is 123 cm³/mol. The van der Waals surface area contributed by atoms with Crippen molar-refractivity contribution in [1.29, 1.82) is 0 Å². The molecule has 2 heterocycles. The molecule has 0 fully saturated rings. The number of rotatable bonds is 5. The van der Waals surface area contributed by atoms with E-state index in [2.05, 4.69) is 19.9 Å². The first-order valence-corrected chi connectivity index (χ1v) is 10.3. The summed E-state index contributed by atoms with van der Waals surface area (Å²) in [6.07, 6.45) is 4.08. The van der Waals surface area contributed by atoms with Gasteiger partial charge in [0.05, 0.1) is 0 Å². The maximum atomic E-state index is 14.6. The zero-order valence-electron chi connectivity index (χ0n) is 17.2. The molecule has 0 amide bonds. The minimum Gasteiger partial charge on any atom is -0.264 e. The van der Waals surface area contributed by atoms with Crippen LogP contribution in [0.15, 0.2) is 103 Å². The van der Waals surface area contributed by atoms with Gasteiger partial charge in [-0.15, -0.1) is 0 Å². The van der Waals surface area contributed by atoms with Crippen LogP contribution in [0.25, 0.3) is 34.2 Å². The number of benzene rings is 3. The lowest BCUT2D eigenvalue weighted by Gasteiger charge is -2.10. The lowest BCUT2D eigenvalue weighted by molar-refractivity contribution is 0.626. The second kappa shape index (κ2) is 8.86. The Bertz CT molecular complexity index is 1280. The normalized spacial score (nSPS) is 10.8. The van der Waals surface area contributed by atoms with Crippen molar-refractivity contribution in [3.05, 3.63) is 120 Å². The fourth-order valence-electron chi connectivity index (χ4n) is 3.56. The summed E-state index contributed by atoms with van der Waals surface area (Å²) in [5.41, 5.74) is 4.20. The topological polar surface area (TPSA) is 51.6 Å². The van der Waals surface area contributed by atoms with Crippen molar-refractivity contribution in [1.82, 2.24) is 19.9 Å². The number of nitrogens with zero attached hydrogens (tertiary/aromatic N) is 4. The van der Waals surface area contributed by atoms with Crippen molar-refractivity contribution in [2.45, 2.75) is 6.42 Å². The van der Waals surface area contributed by atoms with Crippen LogP contribution in [-0.4, -0.2) is 19.9 Å². The Labute approximate surface area is 185 Å². The van der Waals surface area contributed by atoms with Crippen LogP contribution in [0.5, 0.6) is 0 Å². The van der Waals surface area contributed by atoms with Gasteiger partial charge >= 0.3 is 0 Å². The molecule has 4 nitrogen and oxygen atoms in total. The Morgan fingerprint density at radius 3 is 1.72 bits per heavy atom. The van der Waals surface area contributed by atoms with Gasteiger partial charge in [0.1, 0.15) is 5.82 Å². The van der Waals surface area contributed by atoms with Crippen LogP contribution in [0.4, 0.5) is 4.39 Å². The third-order valence-corrected chi connectivity index (χ3v) is 5.05. The van der Waals surface area contributed by atoms with E-state index in [-0.39, 0.29) is 5.82 Å². The van der Waals surface area contributed by atoms with Gasteiger partial charge < -0.3 is 0 Å². The highest BCUT2D eigenvalue weighted by Gasteiger charge is 2.13. The molecule has 0 aliphatic rings. The Morgan fingerprint density at radius 2 is 1.16 bits per heavy atom. The van der Waals surface area contributed by atoms with Crippen molar-refractivity contribution in [3.8, 4) is 34.2 Å². The monoisotopic (exact) mass is 418 g/mol. The molecule has 5 heteroatoms. The minimum atomic E-state index is -0.329. The van der Waals surface area contributed by atoms with Crippen molar-refractivity contribution in [2.75, 3.05) is 0 Å².